The van der Waals surface area contributed by atoms with E-state index in [1.165, 1.54) is 31.9 Å². The maximum atomic E-state index is 13.1. The molecule has 2 aromatic carbocycles. The lowest BCUT2D eigenvalue weighted by Gasteiger charge is -2.24. The summed E-state index contributed by atoms with van der Waals surface area (Å²) in [5.74, 6) is -0.272. The standard InChI is InChI=1S/C33H35N3O5/c1-5-36-31(33(39)41-4)28(19(2)34-36)23-15-22-16-24(40-3)12-14-25(22)30-29(20-9-7-6-8-10-20)26-13-11-21(32(37)38)17-27(26)35(30)18-23/h11-17,20H,5-10,18H2,1-4H3,(H,37,38). The number of carboxylic acid groups (broad SMARTS) is 1. The van der Waals surface area contributed by atoms with Crippen LogP contribution in [-0.2, 0) is 17.8 Å². The predicted octanol–water partition coefficient (Wildman–Crippen LogP) is 6.93. The van der Waals surface area contributed by atoms with Gasteiger partial charge in [0.1, 0.15) is 5.75 Å². The average Bonchev–Trinajstić information content (AvgIpc) is 3.44. The summed E-state index contributed by atoms with van der Waals surface area (Å²) in [6.45, 7) is 4.83. The number of hydrogen-bond donors (Lipinski definition) is 1. The Hall–Kier alpha value is -4.33. The van der Waals surface area contributed by atoms with Gasteiger partial charge in [-0.15, -0.1) is 0 Å². The minimum absolute atomic E-state index is 0.253. The van der Waals surface area contributed by atoms with E-state index in [9.17, 15) is 14.7 Å². The van der Waals surface area contributed by atoms with Gasteiger partial charge >= 0.3 is 11.9 Å². The Morgan fingerprint density at radius 3 is 2.54 bits per heavy atom. The Labute approximate surface area is 239 Å². The highest BCUT2D eigenvalue weighted by molar-refractivity contribution is 6.03. The first-order valence-corrected chi connectivity index (χ1v) is 14.3. The van der Waals surface area contributed by atoms with Crippen molar-refractivity contribution >= 4 is 34.5 Å². The summed E-state index contributed by atoms with van der Waals surface area (Å²) in [5, 5.41) is 15.7. The minimum atomic E-state index is -0.954. The minimum Gasteiger partial charge on any atom is -0.497 e. The van der Waals surface area contributed by atoms with Gasteiger partial charge in [-0.1, -0.05) is 25.3 Å². The molecule has 0 atom stereocenters. The molecular weight excluding hydrogens is 518 g/mol. The van der Waals surface area contributed by atoms with E-state index in [-0.39, 0.29) is 5.56 Å². The van der Waals surface area contributed by atoms with Crippen LogP contribution in [0.3, 0.4) is 0 Å². The number of nitrogens with zero attached hydrogens (tertiary/aromatic N) is 3. The molecule has 6 rings (SSSR count). The van der Waals surface area contributed by atoms with Crippen molar-refractivity contribution in [3.05, 3.63) is 70.0 Å². The number of methoxy groups -OCH3 is 2. The van der Waals surface area contributed by atoms with Crippen LogP contribution in [0, 0.1) is 6.92 Å². The van der Waals surface area contributed by atoms with Crippen LogP contribution in [0.1, 0.15) is 88.2 Å². The van der Waals surface area contributed by atoms with Crippen molar-refractivity contribution in [2.24, 2.45) is 0 Å². The Kier molecular flexibility index (Phi) is 6.93. The molecule has 0 spiro atoms. The molecule has 3 heterocycles. The van der Waals surface area contributed by atoms with E-state index in [0.29, 0.717) is 24.7 Å². The van der Waals surface area contributed by atoms with Gasteiger partial charge in [0.2, 0.25) is 0 Å². The molecule has 212 valence electrons. The number of aromatic nitrogens is 3. The van der Waals surface area contributed by atoms with E-state index in [1.807, 2.05) is 32.0 Å². The Morgan fingerprint density at radius 1 is 1.07 bits per heavy atom. The molecule has 0 amide bonds. The molecular formula is C33H35N3O5. The molecule has 1 fully saturated rings. The van der Waals surface area contributed by atoms with E-state index < -0.39 is 11.9 Å². The highest BCUT2D eigenvalue weighted by atomic mass is 16.5. The molecule has 0 saturated heterocycles. The Balaban J connectivity index is 1.70. The van der Waals surface area contributed by atoms with Gasteiger partial charge in [-0.25, -0.2) is 9.59 Å². The first-order valence-electron chi connectivity index (χ1n) is 14.3. The van der Waals surface area contributed by atoms with Gasteiger partial charge < -0.3 is 19.1 Å². The number of carbonyl (C=O) groups excluding carboxylic acids is 1. The second kappa shape index (κ2) is 10.6. The number of benzene rings is 2. The highest BCUT2D eigenvalue weighted by Gasteiger charge is 2.32. The summed E-state index contributed by atoms with van der Waals surface area (Å²) in [5.41, 5.74) is 8.39. The first kappa shape index (κ1) is 26.9. The molecule has 8 nitrogen and oxygen atoms in total. The van der Waals surface area contributed by atoms with Crippen molar-refractivity contribution in [3.8, 4) is 17.0 Å². The lowest BCUT2D eigenvalue weighted by Crippen LogP contribution is -2.13. The topological polar surface area (TPSA) is 95.6 Å². The van der Waals surface area contributed by atoms with E-state index in [0.717, 1.165) is 63.1 Å². The second-order valence-corrected chi connectivity index (χ2v) is 11.0. The van der Waals surface area contributed by atoms with Crippen LogP contribution in [0.5, 0.6) is 5.75 Å². The molecule has 8 heteroatoms. The molecule has 41 heavy (non-hydrogen) atoms. The molecule has 0 bridgehead atoms. The number of rotatable bonds is 6. The van der Waals surface area contributed by atoms with Crippen LogP contribution >= 0.6 is 0 Å². The fourth-order valence-corrected chi connectivity index (χ4v) is 6.83. The predicted molar refractivity (Wildman–Crippen MR) is 159 cm³/mol. The van der Waals surface area contributed by atoms with Crippen molar-refractivity contribution in [2.45, 2.75) is 65.0 Å². The van der Waals surface area contributed by atoms with Crippen LogP contribution < -0.4 is 4.74 Å². The number of carbonyl (C=O) groups is 2. The van der Waals surface area contributed by atoms with Gasteiger partial charge in [-0.3, -0.25) is 4.68 Å². The van der Waals surface area contributed by atoms with Crippen LogP contribution in [0.25, 0.3) is 33.8 Å². The molecule has 1 aliphatic heterocycles. The quantitative estimate of drug-likeness (QED) is 0.260. The molecule has 1 N–H and O–H groups in total. The second-order valence-electron chi connectivity index (χ2n) is 11.0. The zero-order valence-corrected chi connectivity index (χ0v) is 24.0. The summed E-state index contributed by atoms with van der Waals surface area (Å²) >= 11 is 0. The van der Waals surface area contributed by atoms with Crippen LogP contribution in [0.4, 0.5) is 0 Å². The van der Waals surface area contributed by atoms with Crippen molar-refractivity contribution in [1.82, 2.24) is 14.3 Å². The van der Waals surface area contributed by atoms with Crippen molar-refractivity contribution in [3.63, 3.8) is 0 Å². The third-order valence-electron chi connectivity index (χ3n) is 8.66. The maximum Gasteiger partial charge on any atom is 0.356 e. The largest absolute Gasteiger partial charge is 0.497 e. The summed E-state index contributed by atoms with van der Waals surface area (Å²) in [4.78, 5) is 25.2. The van der Waals surface area contributed by atoms with Crippen molar-refractivity contribution < 1.29 is 24.2 Å². The number of aryl methyl sites for hydroxylation is 2. The normalized spacial score (nSPS) is 15.2. The zero-order chi connectivity index (χ0) is 28.8. The van der Waals surface area contributed by atoms with E-state index in [1.54, 1.807) is 23.9 Å². The van der Waals surface area contributed by atoms with Gasteiger partial charge in [0, 0.05) is 35.1 Å². The van der Waals surface area contributed by atoms with Crippen LogP contribution in [0.15, 0.2) is 36.4 Å². The van der Waals surface area contributed by atoms with Crippen LogP contribution in [-0.4, -0.2) is 45.6 Å². The number of carboxylic acids is 1. The van der Waals surface area contributed by atoms with Crippen molar-refractivity contribution in [2.75, 3.05) is 14.2 Å². The fraction of sp³-hybridized carbons (Fsp3) is 0.364. The lowest BCUT2D eigenvalue weighted by molar-refractivity contribution is 0.0585. The van der Waals surface area contributed by atoms with Crippen molar-refractivity contribution in [1.29, 1.82) is 0 Å². The van der Waals surface area contributed by atoms with Gasteiger partial charge in [0.25, 0.3) is 0 Å². The number of esters is 1. The maximum absolute atomic E-state index is 13.1. The van der Waals surface area contributed by atoms with Crippen LogP contribution in [0.2, 0.25) is 0 Å². The highest BCUT2D eigenvalue weighted by Crippen LogP contribution is 2.48. The Bertz CT molecular complexity index is 1720. The third kappa shape index (κ3) is 4.42. The fourth-order valence-electron chi connectivity index (χ4n) is 6.83. The van der Waals surface area contributed by atoms with Gasteiger partial charge in [-0.2, -0.15) is 5.10 Å². The molecule has 0 radical (unpaired) electrons. The van der Waals surface area contributed by atoms with Gasteiger partial charge in [0.15, 0.2) is 5.69 Å². The van der Waals surface area contributed by atoms with Gasteiger partial charge in [-0.05, 0) is 85.7 Å². The monoisotopic (exact) mass is 553 g/mol. The molecule has 0 unspecified atom stereocenters. The number of ether oxygens (including phenoxy) is 2. The smallest absolute Gasteiger partial charge is 0.356 e. The number of fused-ring (bicyclic) bond motifs is 5. The third-order valence-corrected chi connectivity index (χ3v) is 8.66. The zero-order valence-electron chi connectivity index (χ0n) is 24.0. The molecule has 2 aliphatic rings. The average molecular weight is 554 g/mol. The van der Waals surface area contributed by atoms with Gasteiger partial charge in [0.05, 0.1) is 31.2 Å². The lowest BCUT2D eigenvalue weighted by atomic mass is 9.81. The van der Waals surface area contributed by atoms with E-state index in [2.05, 4.69) is 16.7 Å². The Morgan fingerprint density at radius 2 is 1.85 bits per heavy atom. The summed E-state index contributed by atoms with van der Waals surface area (Å²) in [6.07, 6.45) is 7.94. The summed E-state index contributed by atoms with van der Waals surface area (Å²) < 4.78 is 14.8. The number of allylic oxidation sites excluding steroid dienone is 1. The molecule has 1 saturated carbocycles. The van der Waals surface area contributed by atoms with E-state index >= 15 is 0 Å². The molecule has 1 aliphatic carbocycles. The van der Waals surface area contributed by atoms with E-state index in [4.69, 9.17) is 14.6 Å². The summed E-state index contributed by atoms with van der Waals surface area (Å²) in [7, 11) is 3.04. The molecule has 2 aromatic heterocycles. The SMILES string of the molecule is CCn1nc(C)c(C2=Cc3cc(OC)ccc3-c3c(C4CCCCC4)c4ccc(C(=O)O)cc4n3C2)c1C(=O)OC. The molecule has 4 aromatic rings. The number of hydrogen-bond acceptors (Lipinski definition) is 5. The summed E-state index contributed by atoms with van der Waals surface area (Å²) in [6, 6.07) is 11.6. The number of aromatic carboxylic acids is 1. The first-order chi connectivity index (χ1) is 19.9.